The van der Waals surface area contributed by atoms with Gasteiger partial charge in [-0.15, -0.1) is 10.2 Å². The van der Waals surface area contributed by atoms with Gasteiger partial charge in [0.25, 0.3) is 0 Å². The molecule has 18 rings (SSSR count). The van der Waals surface area contributed by atoms with Gasteiger partial charge in [0.05, 0.1) is 28.5 Å². The minimum atomic E-state index is 0.828. The molecule has 0 aliphatic heterocycles. The molecule has 0 aliphatic rings. The molecular weight excluding hydrogens is 1280 g/mol. The molecule has 105 heavy (non-hydrogen) atoms. The Morgan fingerprint density at radius 2 is 0.390 bits per heavy atom. The SMILES string of the molecule is c1ccc(-c2ccc(-c3ccccc3-c3cc(-c4ccccc4-c4ccc(-c5ccccc5)nc4)cc(-c4cccc(-c5cc(-c6ccccc6-c6ccc(-c7ccccc7)nc6)cc(-c6ccccc6-c6ccc(-c7ccccc7)nc6)c5)c4-c4ccc(-n5nc6ccccc6n5)cc4)c3)cn2)cc1. The van der Waals surface area contributed by atoms with Gasteiger partial charge in [-0.05, 0) is 185 Å². The zero-order valence-electron chi connectivity index (χ0n) is 57.2. The molecule has 0 unspecified atom stereocenters. The Bertz CT molecular complexity index is 5500. The zero-order valence-corrected chi connectivity index (χ0v) is 57.2. The van der Waals surface area contributed by atoms with Crippen molar-refractivity contribution >= 4 is 11.0 Å². The monoisotopic (exact) mass is 1340 g/mol. The number of rotatable bonds is 16. The highest BCUT2D eigenvalue weighted by Crippen LogP contribution is 2.48. The van der Waals surface area contributed by atoms with E-state index in [1.165, 1.54) is 0 Å². The zero-order chi connectivity index (χ0) is 69.8. The van der Waals surface area contributed by atoms with Crippen molar-refractivity contribution in [2.45, 2.75) is 0 Å². The van der Waals surface area contributed by atoms with Gasteiger partial charge < -0.3 is 0 Å². The van der Waals surface area contributed by atoms with Gasteiger partial charge in [0.15, 0.2) is 0 Å². The van der Waals surface area contributed by atoms with E-state index in [4.69, 9.17) is 30.1 Å². The number of hydrogen-bond acceptors (Lipinski definition) is 6. The van der Waals surface area contributed by atoms with E-state index in [-0.39, 0.29) is 0 Å². The Kier molecular flexibility index (Phi) is 16.9. The summed E-state index contributed by atoms with van der Waals surface area (Å²) in [5, 5.41) is 9.90. The summed E-state index contributed by atoms with van der Waals surface area (Å²) in [5.41, 5.74) is 33.6. The van der Waals surface area contributed by atoms with Crippen molar-refractivity contribution in [2.75, 3.05) is 0 Å². The standard InChI is InChI=1S/C98H65N7/c1-5-24-66(25-6-1)92-52-46-71(62-99-92)82-32-13-17-36-86(82)75-56-76(87-37-18-14-33-83(87)72-47-53-93(100-63-72)67-26-7-2-8-27-67)59-79(58-75)90-40-23-41-91(98(90)70-44-50-81(51-45-70)105-103-96-42-21-22-43-97(96)104-105)80-60-77(88-38-19-15-34-84(88)73-48-54-94(101-64-73)68-28-9-3-10-29-68)57-78(61-80)89-39-20-16-35-85(89)74-49-55-95(102-65-74)69-30-11-4-12-31-69/h1-65H. The number of benzene rings is 13. The van der Waals surface area contributed by atoms with Crippen LogP contribution >= 0.6 is 0 Å². The van der Waals surface area contributed by atoms with Crippen LogP contribution in [-0.4, -0.2) is 34.9 Å². The van der Waals surface area contributed by atoms with Gasteiger partial charge in [0, 0.05) is 69.3 Å². The minimum Gasteiger partial charge on any atom is -0.256 e. The smallest absolute Gasteiger partial charge is 0.113 e. The molecule has 0 aliphatic carbocycles. The maximum atomic E-state index is 5.08. The van der Waals surface area contributed by atoms with E-state index in [9.17, 15) is 0 Å². The van der Waals surface area contributed by atoms with E-state index in [1.807, 2.05) is 73.3 Å². The second-order valence-electron chi connectivity index (χ2n) is 26.2. The summed E-state index contributed by atoms with van der Waals surface area (Å²) in [4.78, 5) is 22.1. The largest absolute Gasteiger partial charge is 0.256 e. The van der Waals surface area contributed by atoms with Crippen molar-refractivity contribution in [2.24, 2.45) is 0 Å². The van der Waals surface area contributed by atoms with E-state index in [2.05, 4.69) is 322 Å². The lowest BCUT2D eigenvalue weighted by Crippen LogP contribution is -1.99. The highest BCUT2D eigenvalue weighted by atomic mass is 15.5. The molecule has 0 fully saturated rings. The van der Waals surface area contributed by atoms with Crippen LogP contribution in [-0.2, 0) is 0 Å². The molecule has 0 amide bonds. The average Bonchev–Trinajstić information content (AvgIpc) is 0.929. The average molecular weight is 1340 g/mol. The molecule has 0 N–H and O–H groups in total. The number of hydrogen-bond donors (Lipinski definition) is 0. The lowest BCUT2D eigenvalue weighted by Gasteiger charge is -2.21. The molecule has 18 aromatic rings. The first-order valence-corrected chi connectivity index (χ1v) is 35.4. The summed E-state index contributed by atoms with van der Waals surface area (Å²) in [7, 11) is 0. The lowest BCUT2D eigenvalue weighted by atomic mass is 9.83. The maximum absolute atomic E-state index is 5.08. The summed E-state index contributed by atoms with van der Waals surface area (Å²) in [6, 6.07) is 131. The molecule has 0 bridgehead atoms. The van der Waals surface area contributed by atoms with Crippen LogP contribution in [0.2, 0.25) is 0 Å². The molecule has 492 valence electrons. The van der Waals surface area contributed by atoms with Crippen LogP contribution in [0.3, 0.4) is 0 Å². The molecule has 0 saturated carbocycles. The third-order valence-corrected chi connectivity index (χ3v) is 19.8. The summed E-state index contributed by atoms with van der Waals surface area (Å²) < 4.78 is 0. The van der Waals surface area contributed by atoms with Crippen molar-refractivity contribution < 1.29 is 0 Å². The van der Waals surface area contributed by atoms with Gasteiger partial charge in [-0.25, -0.2) is 0 Å². The summed E-state index contributed by atoms with van der Waals surface area (Å²) >= 11 is 0. The normalized spacial score (nSPS) is 11.2. The van der Waals surface area contributed by atoms with Crippen molar-refractivity contribution in [1.29, 1.82) is 0 Å². The molecular formula is C98H65N7. The molecule has 13 aromatic carbocycles. The predicted molar refractivity (Wildman–Crippen MR) is 432 cm³/mol. The number of fused-ring (bicyclic) bond motifs is 1. The van der Waals surface area contributed by atoms with Crippen LogP contribution in [0.1, 0.15) is 0 Å². The van der Waals surface area contributed by atoms with E-state index >= 15 is 0 Å². The number of aromatic nitrogens is 7. The Morgan fingerprint density at radius 1 is 0.162 bits per heavy atom. The molecule has 5 aromatic heterocycles. The minimum absolute atomic E-state index is 0.828. The third kappa shape index (κ3) is 12.8. The van der Waals surface area contributed by atoms with Crippen LogP contribution in [0.5, 0.6) is 0 Å². The third-order valence-electron chi connectivity index (χ3n) is 19.8. The van der Waals surface area contributed by atoms with E-state index in [0.29, 0.717) is 0 Å². The second-order valence-corrected chi connectivity index (χ2v) is 26.2. The van der Waals surface area contributed by atoms with Gasteiger partial charge in [0.2, 0.25) is 0 Å². The van der Waals surface area contributed by atoms with Gasteiger partial charge >= 0.3 is 0 Å². The highest BCUT2D eigenvalue weighted by Gasteiger charge is 2.23. The van der Waals surface area contributed by atoms with Crippen molar-refractivity contribution in [1.82, 2.24) is 34.9 Å². The Labute approximate surface area is 610 Å². The van der Waals surface area contributed by atoms with Gasteiger partial charge in [-0.2, -0.15) is 4.80 Å². The Hall–Kier alpha value is -14.1. The van der Waals surface area contributed by atoms with Crippen LogP contribution in [0.15, 0.2) is 395 Å². The molecule has 7 nitrogen and oxygen atoms in total. The van der Waals surface area contributed by atoms with Gasteiger partial charge in [0.1, 0.15) is 11.0 Å². The topological polar surface area (TPSA) is 82.3 Å². The number of pyridine rings is 4. The first kappa shape index (κ1) is 63.1. The van der Waals surface area contributed by atoms with Gasteiger partial charge in [-0.3, -0.25) is 19.9 Å². The fourth-order valence-corrected chi connectivity index (χ4v) is 14.5. The van der Waals surface area contributed by atoms with Crippen LogP contribution in [0.25, 0.3) is 184 Å². The highest BCUT2D eigenvalue weighted by molar-refractivity contribution is 6.01. The fraction of sp³-hybridized carbons (Fsp3) is 0. The van der Waals surface area contributed by atoms with Crippen molar-refractivity contribution in [3.63, 3.8) is 0 Å². The van der Waals surface area contributed by atoms with Crippen LogP contribution in [0.4, 0.5) is 0 Å². The molecule has 0 atom stereocenters. The van der Waals surface area contributed by atoms with Crippen molar-refractivity contribution in [3.05, 3.63) is 395 Å². The first-order chi connectivity index (χ1) is 52.0. The van der Waals surface area contributed by atoms with E-state index < -0.39 is 0 Å². The number of nitrogens with zero attached hydrogens (tertiary/aromatic N) is 7. The maximum Gasteiger partial charge on any atom is 0.113 e. The summed E-state index contributed by atoms with van der Waals surface area (Å²) in [5.74, 6) is 0. The molecule has 5 heterocycles. The van der Waals surface area contributed by atoms with E-state index in [0.717, 1.165) is 184 Å². The van der Waals surface area contributed by atoms with Crippen molar-refractivity contribution in [3.8, 4) is 173 Å². The first-order valence-electron chi connectivity index (χ1n) is 35.4. The molecule has 0 radical (unpaired) electrons. The Balaban J connectivity index is 0.863. The van der Waals surface area contributed by atoms with Gasteiger partial charge in [-0.1, -0.05) is 285 Å². The second kappa shape index (κ2) is 28.1. The molecule has 7 heteroatoms. The molecule has 0 spiro atoms. The molecule has 0 saturated heterocycles. The Morgan fingerprint density at radius 3 is 0.657 bits per heavy atom. The van der Waals surface area contributed by atoms with Crippen LogP contribution < -0.4 is 0 Å². The quantitative estimate of drug-likeness (QED) is 0.0959. The summed E-state index contributed by atoms with van der Waals surface area (Å²) in [6.07, 6.45) is 8.04. The van der Waals surface area contributed by atoms with E-state index in [1.54, 1.807) is 4.80 Å². The predicted octanol–water partition coefficient (Wildman–Crippen LogP) is 25.0. The fourth-order valence-electron chi connectivity index (χ4n) is 14.5. The lowest BCUT2D eigenvalue weighted by molar-refractivity contribution is 0.766. The van der Waals surface area contributed by atoms with Crippen LogP contribution in [0, 0.1) is 0 Å². The summed E-state index contributed by atoms with van der Waals surface area (Å²) in [6.45, 7) is 0.